The average molecular weight is 631 g/mol. The lowest BCUT2D eigenvalue weighted by Gasteiger charge is -2.47. The fourth-order valence-corrected chi connectivity index (χ4v) is 6.16. The van der Waals surface area contributed by atoms with E-state index in [2.05, 4.69) is 30.3 Å². The van der Waals surface area contributed by atoms with Crippen molar-refractivity contribution in [2.75, 3.05) is 80.7 Å². The molecule has 3 aromatic rings. The molecule has 14 nitrogen and oxygen atoms in total. The van der Waals surface area contributed by atoms with E-state index in [-0.39, 0.29) is 30.7 Å². The lowest BCUT2D eigenvalue weighted by Crippen LogP contribution is -2.63. The molecular weight excluding hydrogens is 592 g/mol. The van der Waals surface area contributed by atoms with Crippen LogP contribution in [0.5, 0.6) is 5.75 Å². The van der Waals surface area contributed by atoms with E-state index in [1.54, 1.807) is 18.1 Å². The van der Waals surface area contributed by atoms with Gasteiger partial charge in [0.2, 0.25) is 5.91 Å². The first-order valence-corrected chi connectivity index (χ1v) is 15.4. The van der Waals surface area contributed by atoms with Crippen LogP contribution in [0.1, 0.15) is 5.56 Å². The second-order valence-corrected chi connectivity index (χ2v) is 11.5. The standard InChI is InChI=1S/C32H38N8O6/c1-45-27-4-2-3-23(17-27)18-30(41)35-20-28-22-39(32(42)46-28)25-7-5-24(6-8-25)38-12-11-33-21-31(38)37-15-13-36(14-16-37)29-10-9-26(19-34-29)40(43)44/h2-10,17,19,28,31,33H,11-16,18,20-22H2,1H3,(H,35,41)/t28-,31?/m0/s1. The van der Waals surface area contributed by atoms with E-state index in [0.29, 0.717) is 12.3 Å². The van der Waals surface area contributed by atoms with Gasteiger partial charge in [0, 0.05) is 63.3 Å². The molecule has 0 bridgehead atoms. The third-order valence-electron chi connectivity index (χ3n) is 8.61. The number of hydrogen-bond donors (Lipinski definition) is 2. The van der Waals surface area contributed by atoms with Crippen LogP contribution in [0.2, 0.25) is 0 Å². The Bertz CT molecular complexity index is 1530. The van der Waals surface area contributed by atoms with Crippen molar-refractivity contribution < 1.29 is 24.0 Å². The molecule has 1 unspecified atom stereocenters. The highest BCUT2D eigenvalue weighted by Gasteiger charge is 2.34. The quantitative estimate of drug-likeness (QED) is 0.251. The minimum absolute atomic E-state index is 0.0104. The molecule has 4 heterocycles. The van der Waals surface area contributed by atoms with Crippen molar-refractivity contribution in [1.82, 2.24) is 20.5 Å². The molecule has 0 saturated carbocycles. The summed E-state index contributed by atoms with van der Waals surface area (Å²) in [6.45, 7) is 6.32. The van der Waals surface area contributed by atoms with Gasteiger partial charge in [0.05, 0.1) is 37.7 Å². The van der Waals surface area contributed by atoms with E-state index in [4.69, 9.17) is 9.47 Å². The van der Waals surface area contributed by atoms with E-state index < -0.39 is 17.1 Å². The summed E-state index contributed by atoms with van der Waals surface area (Å²) in [5, 5.41) is 17.4. The first kappa shape index (κ1) is 31.0. The Morgan fingerprint density at radius 2 is 1.87 bits per heavy atom. The van der Waals surface area contributed by atoms with Gasteiger partial charge in [0.25, 0.3) is 5.69 Å². The van der Waals surface area contributed by atoms with Crippen LogP contribution in [-0.2, 0) is 16.0 Å². The van der Waals surface area contributed by atoms with Crippen molar-refractivity contribution in [3.05, 3.63) is 82.5 Å². The number of aromatic nitrogens is 1. The smallest absolute Gasteiger partial charge is 0.414 e. The summed E-state index contributed by atoms with van der Waals surface area (Å²) in [7, 11) is 1.59. The Balaban J connectivity index is 1.02. The van der Waals surface area contributed by atoms with Crippen molar-refractivity contribution in [2.24, 2.45) is 0 Å². The lowest BCUT2D eigenvalue weighted by molar-refractivity contribution is -0.385. The number of carbonyl (C=O) groups excluding carboxylic acids is 2. The third kappa shape index (κ3) is 7.13. The molecule has 0 radical (unpaired) electrons. The fourth-order valence-electron chi connectivity index (χ4n) is 6.16. The number of benzene rings is 2. The Morgan fingerprint density at radius 1 is 1.09 bits per heavy atom. The van der Waals surface area contributed by atoms with Crippen molar-refractivity contribution in [1.29, 1.82) is 0 Å². The summed E-state index contributed by atoms with van der Waals surface area (Å²) >= 11 is 0. The summed E-state index contributed by atoms with van der Waals surface area (Å²) in [6.07, 6.45) is 0.804. The normalized spacial score (nSPS) is 20.4. The Labute approximate surface area is 267 Å². The largest absolute Gasteiger partial charge is 0.497 e. The maximum Gasteiger partial charge on any atom is 0.414 e. The number of anilines is 3. The van der Waals surface area contributed by atoms with Gasteiger partial charge >= 0.3 is 6.09 Å². The highest BCUT2D eigenvalue weighted by molar-refractivity contribution is 5.90. The molecule has 3 fully saturated rings. The van der Waals surface area contributed by atoms with Crippen molar-refractivity contribution in [3.8, 4) is 5.75 Å². The van der Waals surface area contributed by atoms with Gasteiger partial charge in [-0.1, -0.05) is 12.1 Å². The number of ether oxygens (including phenoxy) is 2. The molecule has 0 aliphatic carbocycles. The van der Waals surface area contributed by atoms with Gasteiger partial charge in [-0.3, -0.25) is 24.7 Å². The van der Waals surface area contributed by atoms with Gasteiger partial charge in [-0.2, -0.15) is 0 Å². The number of carbonyl (C=O) groups is 2. The lowest BCUT2D eigenvalue weighted by atomic mass is 10.1. The van der Waals surface area contributed by atoms with Crippen molar-refractivity contribution >= 4 is 34.9 Å². The van der Waals surface area contributed by atoms with Crippen LogP contribution in [0.3, 0.4) is 0 Å². The molecular formula is C32H38N8O6. The highest BCUT2D eigenvalue weighted by Crippen LogP contribution is 2.28. The topological polar surface area (TPSA) is 146 Å². The monoisotopic (exact) mass is 630 g/mol. The van der Waals surface area contributed by atoms with Crippen molar-refractivity contribution in [2.45, 2.75) is 18.7 Å². The molecule has 14 heteroatoms. The van der Waals surface area contributed by atoms with Crippen LogP contribution in [0, 0.1) is 10.1 Å². The van der Waals surface area contributed by atoms with Gasteiger partial charge in [0.15, 0.2) is 0 Å². The molecule has 2 amide bonds. The number of piperazine rings is 2. The molecule has 2 aromatic carbocycles. The van der Waals surface area contributed by atoms with Gasteiger partial charge in [0.1, 0.15) is 23.9 Å². The summed E-state index contributed by atoms with van der Waals surface area (Å²) in [4.78, 5) is 48.7. The molecule has 1 aromatic heterocycles. The number of cyclic esters (lactones) is 1. The van der Waals surface area contributed by atoms with Gasteiger partial charge in [-0.05, 0) is 48.0 Å². The van der Waals surface area contributed by atoms with Crippen LogP contribution in [0.4, 0.5) is 27.7 Å². The molecule has 6 rings (SSSR count). The predicted octanol–water partition coefficient (Wildman–Crippen LogP) is 2.24. The van der Waals surface area contributed by atoms with E-state index in [9.17, 15) is 19.7 Å². The summed E-state index contributed by atoms with van der Waals surface area (Å²) < 4.78 is 10.8. The number of nitrogens with zero attached hydrogens (tertiary/aromatic N) is 6. The number of amides is 2. The second kappa shape index (κ2) is 14.0. The maximum atomic E-state index is 12.7. The zero-order valence-corrected chi connectivity index (χ0v) is 25.7. The minimum atomic E-state index is -0.446. The molecule has 3 aliphatic heterocycles. The number of pyridine rings is 1. The van der Waals surface area contributed by atoms with E-state index in [0.717, 1.165) is 68.6 Å². The Hall–Kier alpha value is -4.95. The number of methoxy groups -OCH3 is 1. The van der Waals surface area contributed by atoms with Gasteiger partial charge in [-0.15, -0.1) is 0 Å². The maximum absolute atomic E-state index is 12.7. The summed E-state index contributed by atoms with van der Waals surface area (Å²) in [5.41, 5.74) is 2.65. The average Bonchev–Trinajstić information content (AvgIpc) is 3.47. The zero-order chi connectivity index (χ0) is 32.0. The molecule has 0 spiro atoms. The molecule has 46 heavy (non-hydrogen) atoms. The number of nitro groups is 1. The fraction of sp³-hybridized carbons (Fsp3) is 0.406. The molecule has 242 valence electrons. The van der Waals surface area contributed by atoms with Crippen LogP contribution < -0.4 is 30.1 Å². The van der Waals surface area contributed by atoms with Crippen LogP contribution >= 0.6 is 0 Å². The SMILES string of the molecule is COc1cccc(CC(=O)NC[C@H]2CN(c3ccc(N4CCNCC4N4CCN(c5ccc([N+](=O)[O-])cn5)CC4)cc3)C(=O)O2)c1. The first-order chi connectivity index (χ1) is 22.4. The molecule has 3 aliphatic rings. The highest BCUT2D eigenvalue weighted by atomic mass is 16.6. The number of rotatable bonds is 10. The van der Waals surface area contributed by atoms with Crippen LogP contribution in [-0.4, -0.2) is 105 Å². The van der Waals surface area contributed by atoms with Gasteiger partial charge in [-0.25, -0.2) is 9.78 Å². The van der Waals surface area contributed by atoms with Crippen molar-refractivity contribution in [3.63, 3.8) is 0 Å². The Kier molecular flexibility index (Phi) is 9.45. The summed E-state index contributed by atoms with van der Waals surface area (Å²) in [6, 6.07) is 18.5. The number of nitrogens with one attached hydrogen (secondary N) is 2. The first-order valence-electron chi connectivity index (χ1n) is 15.4. The second-order valence-electron chi connectivity index (χ2n) is 11.5. The molecule has 2 N–H and O–H groups in total. The zero-order valence-electron chi connectivity index (χ0n) is 25.7. The van der Waals surface area contributed by atoms with E-state index in [1.165, 1.54) is 12.3 Å². The van der Waals surface area contributed by atoms with Crippen LogP contribution in [0.25, 0.3) is 0 Å². The Morgan fingerprint density at radius 3 is 2.59 bits per heavy atom. The van der Waals surface area contributed by atoms with Gasteiger partial charge < -0.3 is 29.9 Å². The number of hydrogen-bond acceptors (Lipinski definition) is 11. The summed E-state index contributed by atoms with van der Waals surface area (Å²) in [5.74, 6) is 1.29. The molecule has 2 atom stereocenters. The van der Waals surface area contributed by atoms with E-state index >= 15 is 0 Å². The van der Waals surface area contributed by atoms with E-state index in [1.807, 2.05) is 48.5 Å². The van der Waals surface area contributed by atoms with Crippen LogP contribution in [0.15, 0.2) is 66.9 Å². The molecule has 3 saturated heterocycles. The third-order valence-corrected chi connectivity index (χ3v) is 8.61. The minimum Gasteiger partial charge on any atom is -0.497 e. The predicted molar refractivity (Wildman–Crippen MR) is 172 cm³/mol.